The zero-order chi connectivity index (χ0) is 28.9. The first-order valence-electron chi connectivity index (χ1n) is 11.6. The second-order valence-corrected chi connectivity index (χ2v) is 7.38. The minimum absolute atomic E-state index is 0.0253. The van der Waals surface area contributed by atoms with Crippen LogP contribution < -0.4 is 0 Å². The lowest BCUT2D eigenvalue weighted by atomic mass is 10.3. The summed E-state index contributed by atoms with van der Waals surface area (Å²) in [4.78, 5) is 2.06. The first-order valence-corrected chi connectivity index (χ1v) is 12.4. The molecule has 0 radical (unpaired) electrons. The van der Waals surface area contributed by atoms with Crippen molar-refractivity contribution in [3.63, 3.8) is 0 Å². The molecule has 6 unspecified atom stereocenters. The maximum atomic E-state index is 9.27. The highest BCUT2D eigenvalue weighted by Gasteiger charge is 2.20. The van der Waals surface area contributed by atoms with Gasteiger partial charge in [-0.1, -0.05) is 19.8 Å². The zero-order valence-electron chi connectivity index (χ0n) is 22.2. The van der Waals surface area contributed by atoms with Gasteiger partial charge in [-0.05, 0) is 17.7 Å². The van der Waals surface area contributed by atoms with Gasteiger partial charge in [0, 0.05) is 30.1 Å². The van der Waals surface area contributed by atoms with Crippen molar-refractivity contribution in [2.45, 2.75) is 63.9 Å². The molecule has 5 N–H and O–H groups in total. The van der Waals surface area contributed by atoms with E-state index in [1.807, 2.05) is 13.8 Å². The monoisotopic (exact) mass is 604 g/mol. The van der Waals surface area contributed by atoms with Gasteiger partial charge in [0.25, 0.3) is 0 Å². The third-order valence-corrected chi connectivity index (χ3v) is 4.28. The van der Waals surface area contributed by atoms with E-state index in [0.717, 1.165) is 0 Å². The van der Waals surface area contributed by atoms with Crippen LogP contribution >= 0.6 is 15.9 Å². The van der Waals surface area contributed by atoms with Crippen LogP contribution in [0.15, 0.2) is 0 Å². The fraction of sp³-hybridized carbons (Fsp3) is 0.833. The standard InChI is InChI=1S/C15H28O8.C7H16O4.C2HBr/c1-4-6-20-10-13(23-14(8-17)19-3)11-21-15(9-18)22-12(5-2)7-16;1-3-6(4-8)11-7(5-9)10-2;1-2-3/h1,12-18H,5-11H2,2-3H3;6-9H,3-5H2,1-2H3;1H. The maximum absolute atomic E-state index is 9.27. The van der Waals surface area contributed by atoms with Crippen LogP contribution in [0.1, 0.15) is 26.7 Å². The number of methoxy groups -OCH3 is 2. The molecule has 37 heavy (non-hydrogen) atoms. The summed E-state index contributed by atoms with van der Waals surface area (Å²) >= 11 is 2.67. The number of hydrogen-bond donors (Lipinski definition) is 5. The van der Waals surface area contributed by atoms with E-state index in [4.69, 9.17) is 60.0 Å². The molecule has 0 aromatic carbocycles. The van der Waals surface area contributed by atoms with E-state index in [0.29, 0.717) is 12.8 Å². The molecule has 0 amide bonds. The fourth-order valence-electron chi connectivity index (χ4n) is 2.25. The Kier molecular flexibility index (Phi) is 34.4. The Hall–Kier alpha value is -0.880. The van der Waals surface area contributed by atoms with Crippen LogP contribution in [0.25, 0.3) is 0 Å². The van der Waals surface area contributed by atoms with Gasteiger partial charge >= 0.3 is 0 Å². The van der Waals surface area contributed by atoms with Gasteiger partial charge in [0.1, 0.15) is 12.7 Å². The molecule has 6 atom stereocenters. The molecule has 0 aliphatic carbocycles. The number of halogens is 1. The van der Waals surface area contributed by atoms with Crippen molar-refractivity contribution in [1.82, 2.24) is 0 Å². The van der Waals surface area contributed by atoms with Crippen molar-refractivity contribution in [2.24, 2.45) is 0 Å². The molecular formula is C24H45BrO12. The van der Waals surface area contributed by atoms with Crippen LogP contribution in [0.3, 0.4) is 0 Å². The van der Waals surface area contributed by atoms with Gasteiger partial charge in [0.05, 0.1) is 58.5 Å². The second kappa shape index (κ2) is 31.3. The van der Waals surface area contributed by atoms with Gasteiger partial charge in [-0.2, -0.15) is 0 Å². The van der Waals surface area contributed by atoms with Gasteiger partial charge in [-0.3, -0.25) is 0 Å². The molecule has 0 aliphatic heterocycles. The Morgan fingerprint density at radius 3 is 1.41 bits per heavy atom. The maximum Gasteiger partial charge on any atom is 0.181 e. The van der Waals surface area contributed by atoms with Crippen molar-refractivity contribution in [2.75, 3.05) is 67.1 Å². The number of ether oxygens (including phenoxy) is 7. The lowest BCUT2D eigenvalue weighted by Crippen LogP contribution is -2.37. The molecule has 0 aromatic rings. The molecule has 220 valence electrons. The molecule has 0 rings (SSSR count). The Morgan fingerprint density at radius 1 is 0.676 bits per heavy atom. The minimum Gasteiger partial charge on any atom is -0.394 e. The third-order valence-electron chi connectivity index (χ3n) is 4.28. The van der Waals surface area contributed by atoms with Crippen LogP contribution in [-0.4, -0.2) is 130 Å². The summed E-state index contributed by atoms with van der Waals surface area (Å²) in [6, 6.07) is 0. The summed E-state index contributed by atoms with van der Waals surface area (Å²) in [7, 11) is 2.85. The Bertz CT molecular complexity index is 517. The molecule has 0 saturated heterocycles. The fourth-order valence-corrected chi connectivity index (χ4v) is 2.25. The highest BCUT2D eigenvalue weighted by molar-refractivity contribution is 9.12. The average Bonchev–Trinajstić information content (AvgIpc) is 2.93. The van der Waals surface area contributed by atoms with E-state index >= 15 is 0 Å². The average molecular weight is 606 g/mol. The number of hydrogen-bond acceptors (Lipinski definition) is 12. The quantitative estimate of drug-likeness (QED) is 0.0667. The highest BCUT2D eigenvalue weighted by Crippen LogP contribution is 2.08. The molecule has 0 spiro atoms. The summed E-state index contributed by atoms with van der Waals surface area (Å²) in [5.41, 5.74) is 0. The summed E-state index contributed by atoms with van der Waals surface area (Å²) in [5.74, 6) is 2.33. The van der Waals surface area contributed by atoms with E-state index in [2.05, 4.69) is 33.1 Å². The molecule has 13 heteroatoms. The van der Waals surface area contributed by atoms with Crippen molar-refractivity contribution in [3.05, 3.63) is 0 Å². The predicted molar refractivity (Wildman–Crippen MR) is 139 cm³/mol. The van der Waals surface area contributed by atoms with Gasteiger partial charge in [0.2, 0.25) is 0 Å². The molecule has 12 nitrogen and oxygen atoms in total. The molecular weight excluding hydrogens is 560 g/mol. The smallest absolute Gasteiger partial charge is 0.181 e. The minimum atomic E-state index is -0.902. The van der Waals surface area contributed by atoms with E-state index in [1.54, 1.807) is 0 Å². The lowest BCUT2D eigenvalue weighted by molar-refractivity contribution is -0.235. The summed E-state index contributed by atoms with van der Waals surface area (Å²) < 4.78 is 36.3. The largest absolute Gasteiger partial charge is 0.394 e. The van der Waals surface area contributed by atoms with E-state index in [-0.39, 0.29) is 59.0 Å². The van der Waals surface area contributed by atoms with Crippen molar-refractivity contribution >= 4 is 15.9 Å². The van der Waals surface area contributed by atoms with E-state index in [9.17, 15) is 5.11 Å². The van der Waals surface area contributed by atoms with E-state index < -0.39 is 31.1 Å². The van der Waals surface area contributed by atoms with Gasteiger partial charge in [-0.25, -0.2) is 0 Å². The van der Waals surface area contributed by atoms with Gasteiger partial charge < -0.3 is 58.7 Å². The Labute approximate surface area is 229 Å². The van der Waals surface area contributed by atoms with E-state index in [1.165, 1.54) is 14.2 Å². The van der Waals surface area contributed by atoms with Crippen LogP contribution in [0.2, 0.25) is 0 Å². The third kappa shape index (κ3) is 25.2. The molecule has 0 saturated carbocycles. The molecule has 0 aliphatic rings. The second-order valence-electron chi connectivity index (χ2n) is 6.93. The van der Waals surface area contributed by atoms with Crippen LogP contribution in [0.5, 0.6) is 0 Å². The van der Waals surface area contributed by atoms with Crippen LogP contribution in [0.4, 0.5) is 0 Å². The Balaban J connectivity index is -0.000000685. The number of rotatable bonds is 21. The molecule has 0 fully saturated rings. The van der Waals surface area contributed by atoms with Crippen LogP contribution in [0, 0.1) is 23.6 Å². The van der Waals surface area contributed by atoms with Crippen LogP contribution in [-0.2, 0) is 33.2 Å². The van der Waals surface area contributed by atoms with Crippen molar-refractivity contribution in [3.8, 4) is 23.6 Å². The SMILES string of the molecule is C#CBr.C#CCOCC(COC(CO)OC(CC)CO)OC(CO)OC.CCC(CO)OC(CO)OC. The number of aliphatic hydroxyl groups excluding tert-OH is 5. The summed E-state index contributed by atoms with van der Waals surface area (Å²) in [6.07, 6.45) is 7.32. The molecule has 0 bridgehead atoms. The predicted octanol–water partition coefficient (Wildman–Crippen LogP) is -0.181. The number of aliphatic hydroxyl groups is 5. The Morgan fingerprint density at radius 2 is 1.08 bits per heavy atom. The first-order chi connectivity index (χ1) is 17.8. The molecule has 0 aromatic heterocycles. The summed E-state index contributed by atoms with van der Waals surface area (Å²) in [6.45, 7) is 2.90. The van der Waals surface area contributed by atoms with Gasteiger partial charge in [-0.15, -0.1) is 12.8 Å². The van der Waals surface area contributed by atoms with Gasteiger partial charge in [0.15, 0.2) is 18.9 Å². The number of terminal acetylenes is 2. The lowest BCUT2D eigenvalue weighted by Gasteiger charge is -2.26. The highest BCUT2D eigenvalue weighted by atomic mass is 79.9. The normalized spacial score (nSPS) is 15.4. The summed E-state index contributed by atoms with van der Waals surface area (Å²) in [5, 5.41) is 44.8. The van der Waals surface area contributed by atoms with Crippen molar-refractivity contribution in [1.29, 1.82) is 0 Å². The zero-order valence-corrected chi connectivity index (χ0v) is 23.7. The first kappa shape index (κ1) is 40.6. The topological polar surface area (TPSA) is 166 Å². The molecule has 0 heterocycles. The van der Waals surface area contributed by atoms with Crippen molar-refractivity contribution < 1.29 is 58.7 Å².